The predicted octanol–water partition coefficient (Wildman–Crippen LogP) is 18.9. The molecule has 0 spiro atoms. The van der Waals surface area contributed by atoms with Gasteiger partial charge in [0.2, 0.25) is 6.71 Å². The minimum Gasteiger partial charge on any atom is -0.342 e. The van der Waals surface area contributed by atoms with Crippen molar-refractivity contribution in [2.45, 2.75) is 154 Å². The summed E-state index contributed by atoms with van der Waals surface area (Å²) in [5, 5.41) is 2.69. The molecule has 12 rings (SSSR count). The number of aromatic nitrogens is 1. The van der Waals surface area contributed by atoms with Gasteiger partial charge in [0.05, 0.1) is 17.2 Å². The highest BCUT2D eigenvalue weighted by Gasteiger charge is 2.54. The summed E-state index contributed by atoms with van der Waals surface area (Å²) < 4.78 is 2.43. The van der Waals surface area contributed by atoms with Gasteiger partial charge in [0, 0.05) is 73.2 Å². The smallest absolute Gasteiger partial charge is 0.233 e. The summed E-state index contributed by atoms with van der Waals surface area (Å²) in [5.74, 6) is 0. The first-order chi connectivity index (χ1) is 36.7. The van der Waals surface area contributed by atoms with Crippen LogP contribution in [0.25, 0.3) is 21.8 Å². The Morgan fingerprint density at radius 2 is 0.987 bits per heavy atom. The van der Waals surface area contributed by atoms with E-state index >= 15 is 0 Å². The number of thioether (sulfide) groups is 1. The zero-order chi connectivity index (χ0) is 55.3. The van der Waals surface area contributed by atoms with E-state index in [-0.39, 0.29) is 45.0 Å². The Bertz CT molecular complexity index is 3770. The van der Waals surface area contributed by atoms with Crippen molar-refractivity contribution in [2.75, 3.05) is 14.7 Å². The minimum absolute atomic E-state index is 0.0121. The zero-order valence-electron chi connectivity index (χ0n) is 49.4. The van der Waals surface area contributed by atoms with E-state index in [0.717, 1.165) is 22.7 Å². The van der Waals surface area contributed by atoms with E-state index in [2.05, 4.69) is 307 Å². The molecule has 3 aliphatic rings. The molecule has 4 nitrogen and oxygen atoms in total. The highest BCUT2D eigenvalue weighted by atomic mass is 32.2. The van der Waals surface area contributed by atoms with Crippen LogP contribution in [0.1, 0.15) is 149 Å². The number of rotatable bonds is 5. The van der Waals surface area contributed by atoms with Crippen molar-refractivity contribution in [1.29, 1.82) is 0 Å². The van der Waals surface area contributed by atoms with Crippen molar-refractivity contribution in [3.8, 4) is 0 Å². The summed E-state index contributed by atoms with van der Waals surface area (Å²) >= 11 is 2.11. The number of hydrogen-bond donors (Lipinski definition) is 0. The molecule has 8 aromatic carbocycles. The molecular weight excluding hydrogens is 964 g/mol. The van der Waals surface area contributed by atoms with E-state index in [4.69, 9.17) is 0 Å². The maximum atomic E-state index is 2.76. The lowest BCUT2D eigenvalue weighted by molar-refractivity contribution is 0.587. The fourth-order valence-corrected chi connectivity index (χ4v) is 14.5. The molecule has 1 aromatic heterocycles. The van der Waals surface area contributed by atoms with Crippen LogP contribution in [0.2, 0.25) is 0 Å². The highest BCUT2D eigenvalue weighted by Crippen LogP contribution is 2.58. The van der Waals surface area contributed by atoms with Crippen LogP contribution < -0.4 is 25.6 Å². The third-order valence-electron chi connectivity index (χ3n) is 17.4. The summed E-state index contributed by atoms with van der Waals surface area (Å²) in [6, 6.07) is 62.3. The van der Waals surface area contributed by atoms with Crippen molar-refractivity contribution in [2.24, 2.45) is 7.05 Å². The largest absolute Gasteiger partial charge is 0.342 e. The van der Waals surface area contributed by atoms with E-state index in [1.54, 1.807) is 0 Å². The summed E-state index contributed by atoms with van der Waals surface area (Å²) in [5.41, 5.74) is 24.3. The average Bonchev–Trinajstić information content (AvgIpc) is 3.34. The molecule has 9 aromatic rings. The lowest BCUT2D eigenvalue weighted by Crippen LogP contribution is -2.62. The number of anilines is 8. The minimum atomic E-state index is -0.0564. The molecule has 78 heavy (non-hydrogen) atoms. The van der Waals surface area contributed by atoms with Crippen LogP contribution in [0.5, 0.6) is 0 Å². The lowest BCUT2D eigenvalue weighted by atomic mass is 9.33. The van der Waals surface area contributed by atoms with Crippen LogP contribution >= 0.6 is 11.8 Å². The molecule has 3 aliphatic heterocycles. The number of benzene rings is 8. The Balaban J connectivity index is 1.17. The Hall–Kier alpha value is -6.63. The lowest BCUT2D eigenvalue weighted by Gasteiger charge is -2.49. The normalized spacial score (nSPS) is 16.4. The first-order valence-corrected chi connectivity index (χ1v) is 29.4. The second kappa shape index (κ2) is 17.9. The topological polar surface area (TPSA) is 14.7 Å². The van der Waals surface area contributed by atoms with Gasteiger partial charge in [-0.05, 0) is 163 Å². The zero-order valence-corrected chi connectivity index (χ0v) is 50.3. The second-order valence-electron chi connectivity index (χ2n) is 28.1. The highest BCUT2D eigenvalue weighted by molar-refractivity contribution is 8.02. The molecule has 0 saturated heterocycles. The van der Waals surface area contributed by atoms with E-state index in [0.29, 0.717) is 0 Å². The summed E-state index contributed by atoms with van der Waals surface area (Å²) in [6.07, 6.45) is 0. The molecule has 4 heterocycles. The van der Waals surface area contributed by atoms with Gasteiger partial charge >= 0.3 is 0 Å². The third-order valence-corrected chi connectivity index (χ3v) is 18.8. The number of nitrogens with zero attached hydrogens (tertiary/aromatic N) is 4. The van der Waals surface area contributed by atoms with Gasteiger partial charge in [0.15, 0.2) is 0 Å². The quantitative estimate of drug-likeness (QED) is 0.159. The van der Waals surface area contributed by atoms with Gasteiger partial charge in [-0.3, -0.25) is 0 Å². The first-order valence-electron chi connectivity index (χ1n) is 28.5. The first kappa shape index (κ1) is 52.1. The van der Waals surface area contributed by atoms with Gasteiger partial charge in [0.1, 0.15) is 0 Å². The van der Waals surface area contributed by atoms with Gasteiger partial charge in [-0.1, -0.05) is 183 Å². The van der Waals surface area contributed by atoms with Crippen molar-refractivity contribution < 1.29 is 0 Å². The SMILES string of the molecule is Cc1cc2c3c(c1)N(c1ccc(C(C)(C)C)cc1)C1c4cc(C(C)(C)C)ccc4SC1B3c1cc(C(C)(C)C)ccc1N2c1cc(N(c2ccc(C(C)(C)C)cc2)c2ccc(C(C)(C)C)cc2)c2c(c1)c1ccccc1n2C. The molecule has 6 heteroatoms. The number of aryl methyl sites for hydroxylation is 2. The van der Waals surface area contributed by atoms with Crippen LogP contribution in [0.4, 0.5) is 45.5 Å². The van der Waals surface area contributed by atoms with Gasteiger partial charge in [-0.25, -0.2) is 0 Å². The number of fused-ring (bicyclic) bond motifs is 9. The molecule has 0 saturated carbocycles. The van der Waals surface area contributed by atoms with Gasteiger partial charge in [-0.2, -0.15) is 0 Å². The molecule has 0 aliphatic carbocycles. The van der Waals surface area contributed by atoms with Crippen molar-refractivity contribution in [3.05, 3.63) is 197 Å². The molecule has 0 amide bonds. The monoisotopic (exact) mass is 1040 g/mol. The molecule has 2 unspecified atom stereocenters. The Morgan fingerprint density at radius 3 is 1.56 bits per heavy atom. The third kappa shape index (κ3) is 8.58. The molecule has 396 valence electrons. The molecule has 0 radical (unpaired) electrons. The molecular formula is C72H79BN4S. The van der Waals surface area contributed by atoms with E-state index in [1.807, 2.05) is 0 Å². The van der Waals surface area contributed by atoms with Crippen molar-refractivity contribution in [3.63, 3.8) is 0 Å². The van der Waals surface area contributed by atoms with Crippen LogP contribution in [0.3, 0.4) is 0 Å². The molecule has 0 bridgehead atoms. The van der Waals surface area contributed by atoms with E-state index < -0.39 is 0 Å². The molecule has 2 atom stereocenters. The van der Waals surface area contributed by atoms with E-state index in [1.165, 1.54) is 99.3 Å². The van der Waals surface area contributed by atoms with Crippen molar-refractivity contribution >= 4 is 96.7 Å². The Kier molecular flexibility index (Phi) is 12.0. The maximum absolute atomic E-state index is 2.76. The number of para-hydroxylation sites is 1. The molecule has 0 fully saturated rings. The van der Waals surface area contributed by atoms with Crippen LogP contribution in [-0.4, -0.2) is 16.4 Å². The Labute approximate surface area is 471 Å². The second-order valence-corrected chi connectivity index (χ2v) is 29.3. The summed E-state index contributed by atoms with van der Waals surface area (Å²) in [4.78, 5) is 9.33. The van der Waals surface area contributed by atoms with Crippen LogP contribution in [0.15, 0.2) is 163 Å². The van der Waals surface area contributed by atoms with Gasteiger partial charge in [0.25, 0.3) is 0 Å². The van der Waals surface area contributed by atoms with Crippen molar-refractivity contribution in [1.82, 2.24) is 4.57 Å². The van der Waals surface area contributed by atoms with Gasteiger partial charge < -0.3 is 19.3 Å². The maximum Gasteiger partial charge on any atom is 0.233 e. The van der Waals surface area contributed by atoms with Crippen LogP contribution in [0, 0.1) is 6.92 Å². The van der Waals surface area contributed by atoms with Crippen LogP contribution in [-0.2, 0) is 34.1 Å². The fraction of sp³-hybridized carbons (Fsp3) is 0.333. The van der Waals surface area contributed by atoms with E-state index in [9.17, 15) is 0 Å². The Morgan fingerprint density at radius 1 is 0.474 bits per heavy atom. The average molecular weight is 1040 g/mol. The summed E-state index contributed by atoms with van der Waals surface area (Å²) in [7, 11) is 2.25. The number of hydrogen-bond acceptors (Lipinski definition) is 4. The molecule has 0 N–H and O–H groups in total. The summed E-state index contributed by atoms with van der Waals surface area (Å²) in [6.45, 7) is 37.4. The van der Waals surface area contributed by atoms with Gasteiger partial charge in [-0.15, -0.1) is 11.8 Å². The predicted molar refractivity (Wildman–Crippen MR) is 340 cm³/mol. The fourth-order valence-electron chi connectivity index (χ4n) is 12.9. The standard InChI is InChI=1S/C72H79BN4S/c1-44-38-60-64-61(39-44)77(52-34-26-47(27-35-52)70(8,9)10)66-56-40-48(71(11,12)13)29-37-63(56)78-67(66)73(64)57-41-49(72(14,15)16)28-36-59(57)76(60)53-42-55-54-20-18-19-21-58(54)74(17)65(55)62(43-53)75(50-30-22-45(23-31-50)68(2,3)4)51-32-24-46(25-33-51)69(5,6)7/h18-43,66-67H,1-17H3.